The van der Waals surface area contributed by atoms with Crippen molar-refractivity contribution in [3.05, 3.63) is 48.0 Å². The second-order valence-corrected chi connectivity index (χ2v) is 4.74. The van der Waals surface area contributed by atoms with Crippen LogP contribution >= 0.6 is 0 Å². The van der Waals surface area contributed by atoms with Gasteiger partial charge in [-0.3, -0.25) is 4.55 Å². The van der Waals surface area contributed by atoms with E-state index in [4.69, 9.17) is 4.55 Å². The van der Waals surface area contributed by atoms with E-state index in [1.165, 1.54) is 11.6 Å². The Kier molecular flexibility index (Phi) is 4.52. The van der Waals surface area contributed by atoms with Crippen LogP contribution in [0.3, 0.4) is 0 Å². The van der Waals surface area contributed by atoms with Gasteiger partial charge in [-0.1, -0.05) is 42.5 Å². The summed E-state index contributed by atoms with van der Waals surface area (Å²) >= 11 is 0. The average Bonchev–Trinajstić information content (AvgIpc) is 2.17. The zero-order valence-corrected chi connectivity index (χ0v) is 9.15. The van der Waals surface area contributed by atoms with Crippen molar-refractivity contribution in [1.29, 1.82) is 0 Å². The molecule has 0 amide bonds. The maximum Gasteiger partial charge on any atom is 0.268 e. The number of hydrogen-bond acceptors (Lipinski definition) is 2. The smallest absolute Gasteiger partial charge is 0.268 e. The molecular weight excluding hydrogens is 212 g/mol. The van der Waals surface area contributed by atoms with Gasteiger partial charge in [-0.15, -0.1) is 0 Å². The highest BCUT2D eigenvalue weighted by molar-refractivity contribution is 7.85. The van der Waals surface area contributed by atoms with Gasteiger partial charge < -0.3 is 0 Å². The van der Waals surface area contributed by atoms with E-state index in [0.717, 1.165) is 12.8 Å². The minimum atomic E-state index is -3.86. The number of benzene rings is 1. The lowest BCUT2D eigenvalue weighted by atomic mass is 10.1. The van der Waals surface area contributed by atoms with Crippen molar-refractivity contribution in [3.63, 3.8) is 0 Å². The van der Waals surface area contributed by atoms with Crippen molar-refractivity contribution in [2.24, 2.45) is 0 Å². The van der Waals surface area contributed by atoms with Crippen LogP contribution in [0.4, 0.5) is 0 Å². The lowest BCUT2D eigenvalue weighted by molar-refractivity contribution is 0.486. The first kappa shape index (κ1) is 11.9. The Bertz CT molecular complexity index is 407. The summed E-state index contributed by atoms with van der Waals surface area (Å²) in [6.07, 6.45) is 4.89. The Morgan fingerprint density at radius 1 is 1.13 bits per heavy atom. The number of allylic oxidation sites excluding steroid dienone is 1. The van der Waals surface area contributed by atoms with Gasteiger partial charge in [0.05, 0.1) is 5.75 Å². The fourth-order valence-corrected chi connectivity index (χ4v) is 1.58. The molecular formula is C11H14O3S. The van der Waals surface area contributed by atoms with Crippen LogP contribution in [0.5, 0.6) is 0 Å². The lowest BCUT2D eigenvalue weighted by Gasteiger charge is -1.96. The number of hydrogen-bond donors (Lipinski definition) is 1. The summed E-state index contributed by atoms with van der Waals surface area (Å²) in [4.78, 5) is 0. The molecule has 0 atom stereocenters. The van der Waals surface area contributed by atoms with Gasteiger partial charge in [-0.25, -0.2) is 0 Å². The molecule has 0 unspecified atom stereocenters. The first-order valence-corrected chi connectivity index (χ1v) is 6.33. The number of rotatable bonds is 5. The normalized spacial score (nSPS) is 12.1. The van der Waals surface area contributed by atoms with Crippen LogP contribution in [-0.2, 0) is 16.5 Å². The van der Waals surface area contributed by atoms with Crippen LogP contribution in [0.2, 0.25) is 0 Å². The third kappa shape index (κ3) is 6.04. The van der Waals surface area contributed by atoms with Crippen LogP contribution in [0, 0.1) is 0 Å². The zero-order valence-electron chi connectivity index (χ0n) is 8.33. The lowest BCUT2D eigenvalue weighted by Crippen LogP contribution is -2.00. The number of aryl methyl sites for hydroxylation is 1. The summed E-state index contributed by atoms with van der Waals surface area (Å²) in [5.74, 6) is -0.304. The molecule has 1 N–H and O–H groups in total. The van der Waals surface area contributed by atoms with Crippen molar-refractivity contribution in [2.45, 2.75) is 12.8 Å². The molecule has 0 radical (unpaired) electrons. The molecule has 0 bridgehead atoms. The first-order valence-electron chi connectivity index (χ1n) is 4.72. The molecule has 0 fully saturated rings. The van der Waals surface area contributed by atoms with Crippen molar-refractivity contribution in [1.82, 2.24) is 0 Å². The molecule has 3 nitrogen and oxygen atoms in total. The Hall–Kier alpha value is -1.13. The third-order valence-corrected chi connectivity index (χ3v) is 2.53. The van der Waals surface area contributed by atoms with Gasteiger partial charge in [-0.05, 0) is 18.4 Å². The van der Waals surface area contributed by atoms with Crippen molar-refractivity contribution in [2.75, 3.05) is 5.75 Å². The second kappa shape index (κ2) is 5.68. The largest absolute Gasteiger partial charge is 0.285 e. The first-order chi connectivity index (χ1) is 7.08. The summed E-state index contributed by atoms with van der Waals surface area (Å²) < 4.78 is 29.2. The average molecular weight is 226 g/mol. The van der Waals surface area contributed by atoms with Gasteiger partial charge >= 0.3 is 0 Å². The maximum absolute atomic E-state index is 10.4. The summed E-state index contributed by atoms with van der Waals surface area (Å²) in [5.41, 5.74) is 1.22. The molecule has 4 heteroatoms. The minimum absolute atomic E-state index is 0.304. The summed E-state index contributed by atoms with van der Waals surface area (Å²) in [5, 5.41) is 0. The van der Waals surface area contributed by atoms with E-state index in [0.29, 0.717) is 0 Å². The van der Waals surface area contributed by atoms with E-state index in [2.05, 4.69) is 0 Å². The molecule has 1 aromatic rings. The van der Waals surface area contributed by atoms with Gasteiger partial charge in [0.1, 0.15) is 0 Å². The van der Waals surface area contributed by atoms with E-state index in [1.54, 1.807) is 6.08 Å². The molecule has 0 saturated heterocycles. The van der Waals surface area contributed by atoms with E-state index < -0.39 is 10.1 Å². The Morgan fingerprint density at radius 3 is 2.40 bits per heavy atom. The van der Waals surface area contributed by atoms with Gasteiger partial charge in [-0.2, -0.15) is 8.42 Å². The second-order valence-electron chi connectivity index (χ2n) is 3.24. The van der Waals surface area contributed by atoms with E-state index in [-0.39, 0.29) is 5.75 Å². The Morgan fingerprint density at radius 2 is 1.80 bits per heavy atom. The fraction of sp³-hybridized carbons (Fsp3) is 0.273. The predicted molar refractivity (Wildman–Crippen MR) is 60.3 cm³/mol. The molecule has 1 aromatic carbocycles. The zero-order chi connectivity index (χ0) is 11.1. The van der Waals surface area contributed by atoms with Crippen LogP contribution in [-0.4, -0.2) is 18.7 Å². The van der Waals surface area contributed by atoms with Gasteiger partial charge in [0.25, 0.3) is 10.1 Å². The highest BCUT2D eigenvalue weighted by Gasteiger charge is 1.98. The summed E-state index contributed by atoms with van der Waals surface area (Å²) in [7, 11) is -3.86. The van der Waals surface area contributed by atoms with Crippen LogP contribution in [0.1, 0.15) is 12.0 Å². The van der Waals surface area contributed by atoms with Crippen LogP contribution in [0.15, 0.2) is 42.5 Å². The van der Waals surface area contributed by atoms with E-state index >= 15 is 0 Å². The standard InChI is InChI=1S/C11H14O3S/c12-15(13,14)10-6-2-5-9-11-7-3-1-4-8-11/h1-4,6-8H,5,9-10H2,(H,12,13,14)/b6-2+. The SMILES string of the molecule is O=S(=O)(O)C/C=C/CCc1ccccc1. The van der Waals surface area contributed by atoms with Crippen LogP contribution in [0.25, 0.3) is 0 Å². The highest BCUT2D eigenvalue weighted by Crippen LogP contribution is 2.02. The molecule has 0 heterocycles. The molecule has 15 heavy (non-hydrogen) atoms. The molecule has 0 spiro atoms. The molecule has 0 aliphatic heterocycles. The molecule has 0 aliphatic rings. The van der Waals surface area contributed by atoms with Gasteiger partial charge in [0.2, 0.25) is 0 Å². The monoisotopic (exact) mass is 226 g/mol. The molecule has 0 aromatic heterocycles. The minimum Gasteiger partial charge on any atom is -0.285 e. The Labute approximate surface area is 90.2 Å². The van der Waals surface area contributed by atoms with E-state index in [1.807, 2.05) is 30.3 Å². The Balaban J connectivity index is 2.28. The highest BCUT2D eigenvalue weighted by atomic mass is 32.2. The molecule has 1 rings (SSSR count). The van der Waals surface area contributed by atoms with Gasteiger partial charge in [0, 0.05) is 0 Å². The maximum atomic E-state index is 10.4. The quantitative estimate of drug-likeness (QED) is 0.617. The predicted octanol–water partition coefficient (Wildman–Crippen LogP) is 2.06. The van der Waals surface area contributed by atoms with Crippen molar-refractivity contribution >= 4 is 10.1 Å². The molecule has 0 saturated carbocycles. The van der Waals surface area contributed by atoms with E-state index in [9.17, 15) is 8.42 Å². The van der Waals surface area contributed by atoms with Gasteiger partial charge in [0.15, 0.2) is 0 Å². The summed E-state index contributed by atoms with van der Waals surface area (Å²) in [6, 6.07) is 9.94. The third-order valence-electron chi connectivity index (χ3n) is 1.92. The van der Waals surface area contributed by atoms with Crippen molar-refractivity contribution in [3.8, 4) is 0 Å². The van der Waals surface area contributed by atoms with Crippen LogP contribution < -0.4 is 0 Å². The molecule has 82 valence electrons. The topological polar surface area (TPSA) is 54.4 Å². The fourth-order valence-electron chi connectivity index (χ4n) is 1.20. The summed E-state index contributed by atoms with van der Waals surface area (Å²) in [6.45, 7) is 0. The molecule has 0 aliphatic carbocycles. The van der Waals surface area contributed by atoms with Crippen molar-refractivity contribution < 1.29 is 13.0 Å².